The Hall–Kier alpha value is -4.05. The molecule has 1 aliphatic carbocycles. The number of H-pyrrole nitrogens is 1. The molecule has 0 unspecified atom stereocenters. The molecule has 5 rings (SSSR count). The number of nitrogens with one attached hydrogen (secondary N) is 1. The molecule has 38 heavy (non-hydrogen) atoms. The molecule has 1 saturated carbocycles. The highest BCUT2D eigenvalue weighted by atomic mass is 19.1. The van der Waals surface area contributed by atoms with Crippen LogP contribution in [0.2, 0.25) is 0 Å². The number of nitro groups is 1. The summed E-state index contributed by atoms with van der Waals surface area (Å²) in [6, 6.07) is 9.17. The molecule has 198 valence electrons. The number of nitro benzene ring substituents is 1. The molecule has 2 aromatic carbocycles. The number of carbonyl (C=O) groups excluding carboxylic acids is 1. The lowest BCUT2D eigenvalue weighted by Gasteiger charge is -2.31. The smallest absolute Gasteiger partial charge is 0.338 e. The van der Waals surface area contributed by atoms with Crippen molar-refractivity contribution in [2.45, 2.75) is 51.6 Å². The summed E-state index contributed by atoms with van der Waals surface area (Å²) in [6.45, 7) is 2.51. The average molecular weight is 521 g/mol. The second kappa shape index (κ2) is 10.4. The molecule has 1 N–H and O–H groups in total. The van der Waals surface area contributed by atoms with E-state index < -0.39 is 28.0 Å². The van der Waals surface area contributed by atoms with Crippen LogP contribution in [0.25, 0.3) is 27.5 Å². The van der Waals surface area contributed by atoms with Crippen LogP contribution in [0.3, 0.4) is 0 Å². The lowest BCUT2D eigenvalue weighted by atomic mass is 9.94. The predicted molar refractivity (Wildman–Crippen MR) is 142 cm³/mol. The zero-order valence-corrected chi connectivity index (χ0v) is 21.3. The second-order valence-electron chi connectivity index (χ2n) is 9.78. The summed E-state index contributed by atoms with van der Waals surface area (Å²) in [5.41, 5.74) is 1.13. The SMILES string of the molecule is CCOC(=O)c1ccc(-n2ccc3c([nH]c4c([N+](=O)[O-])cc(F)cc43)c2=O)c(CN(C)C2CCCCC2)c1. The molecule has 0 atom stereocenters. The van der Waals surface area contributed by atoms with Gasteiger partial charge in [-0.25, -0.2) is 9.18 Å². The summed E-state index contributed by atoms with van der Waals surface area (Å²) in [7, 11) is 2.05. The average Bonchev–Trinajstić information content (AvgIpc) is 3.28. The molecule has 0 spiro atoms. The first kappa shape index (κ1) is 25.6. The standard InChI is InChI=1S/C28H29FN4O5/c1-3-38-28(35)17-9-10-23(18(13-17)16-31(2)20-7-5-4-6-8-20)32-12-11-21-22-14-19(29)15-24(33(36)37)25(22)30-26(21)27(32)34/h9-15,20,30H,3-8,16H2,1-2H3. The van der Waals surface area contributed by atoms with Gasteiger partial charge in [-0.15, -0.1) is 0 Å². The number of aromatic nitrogens is 2. The number of aromatic amines is 1. The Morgan fingerprint density at radius 2 is 1.92 bits per heavy atom. The van der Waals surface area contributed by atoms with Crippen molar-refractivity contribution in [1.29, 1.82) is 0 Å². The number of pyridine rings is 1. The molecule has 9 nitrogen and oxygen atoms in total. The number of esters is 1. The van der Waals surface area contributed by atoms with Gasteiger partial charge in [0.1, 0.15) is 16.9 Å². The number of fused-ring (bicyclic) bond motifs is 3. The predicted octanol–water partition coefficient (Wildman–Crippen LogP) is 5.46. The first-order valence-electron chi connectivity index (χ1n) is 12.8. The summed E-state index contributed by atoms with van der Waals surface area (Å²) >= 11 is 0. The maximum absolute atomic E-state index is 14.1. The minimum absolute atomic E-state index is 0.0937. The van der Waals surface area contributed by atoms with Crippen LogP contribution in [0, 0.1) is 15.9 Å². The zero-order valence-electron chi connectivity index (χ0n) is 21.3. The number of hydrogen-bond donors (Lipinski definition) is 1. The fraction of sp³-hybridized carbons (Fsp3) is 0.357. The van der Waals surface area contributed by atoms with Crippen LogP contribution in [-0.4, -0.2) is 45.0 Å². The Labute approximate surface area is 218 Å². The quantitative estimate of drug-likeness (QED) is 0.197. The van der Waals surface area contributed by atoms with Crippen molar-refractivity contribution in [3.05, 3.63) is 80.0 Å². The van der Waals surface area contributed by atoms with Crippen LogP contribution in [0.5, 0.6) is 0 Å². The van der Waals surface area contributed by atoms with Crippen molar-refractivity contribution >= 4 is 33.5 Å². The molecule has 0 saturated heterocycles. The van der Waals surface area contributed by atoms with Gasteiger partial charge in [0.05, 0.1) is 28.8 Å². The van der Waals surface area contributed by atoms with Crippen LogP contribution >= 0.6 is 0 Å². The minimum Gasteiger partial charge on any atom is -0.462 e. The first-order chi connectivity index (χ1) is 18.3. The van der Waals surface area contributed by atoms with Gasteiger partial charge < -0.3 is 9.72 Å². The molecular formula is C28H29FN4O5. The van der Waals surface area contributed by atoms with E-state index in [1.54, 1.807) is 37.4 Å². The van der Waals surface area contributed by atoms with Gasteiger partial charge in [-0.1, -0.05) is 19.3 Å². The highest BCUT2D eigenvalue weighted by Crippen LogP contribution is 2.32. The highest BCUT2D eigenvalue weighted by Gasteiger charge is 2.23. The van der Waals surface area contributed by atoms with E-state index in [1.807, 2.05) is 7.05 Å². The minimum atomic E-state index is -0.753. The molecule has 0 amide bonds. The van der Waals surface area contributed by atoms with Gasteiger partial charge in [0.15, 0.2) is 0 Å². The van der Waals surface area contributed by atoms with Crippen molar-refractivity contribution in [1.82, 2.24) is 14.5 Å². The third-order valence-corrected chi connectivity index (χ3v) is 7.38. The fourth-order valence-electron chi connectivity index (χ4n) is 5.48. The zero-order chi connectivity index (χ0) is 27.0. The molecule has 0 aliphatic heterocycles. The number of benzene rings is 2. The second-order valence-corrected chi connectivity index (χ2v) is 9.78. The van der Waals surface area contributed by atoms with Crippen LogP contribution in [0.15, 0.2) is 47.4 Å². The van der Waals surface area contributed by atoms with Crippen molar-refractivity contribution in [2.75, 3.05) is 13.7 Å². The number of hydrogen-bond acceptors (Lipinski definition) is 6. The van der Waals surface area contributed by atoms with E-state index in [0.717, 1.165) is 24.5 Å². The molecule has 2 heterocycles. The molecule has 10 heteroatoms. The third-order valence-electron chi connectivity index (χ3n) is 7.38. The summed E-state index contributed by atoms with van der Waals surface area (Å²) in [5.74, 6) is -1.19. The van der Waals surface area contributed by atoms with Crippen molar-refractivity contribution in [3.8, 4) is 5.69 Å². The Kier molecular flexibility index (Phi) is 6.98. The van der Waals surface area contributed by atoms with Gasteiger partial charge in [0.2, 0.25) is 0 Å². The molecule has 4 aromatic rings. The Balaban J connectivity index is 1.64. The van der Waals surface area contributed by atoms with Gasteiger partial charge >= 0.3 is 5.97 Å². The molecule has 1 fully saturated rings. The summed E-state index contributed by atoms with van der Waals surface area (Å²) in [4.78, 5) is 42.2. The van der Waals surface area contributed by atoms with Gasteiger partial charge in [-0.3, -0.25) is 24.4 Å². The lowest BCUT2D eigenvalue weighted by molar-refractivity contribution is -0.383. The van der Waals surface area contributed by atoms with Crippen LogP contribution in [0.1, 0.15) is 54.9 Å². The largest absolute Gasteiger partial charge is 0.462 e. The molecule has 2 aromatic heterocycles. The summed E-state index contributed by atoms with van der Waals surface area (Å²) in [6.07, 6.45) is 7.36. The van der Waals surface area contributed by atoms with Crippen molar-refractivity contribution in [3.63, 3.8) is 0 Å². The Morgan fingerprint density at radius 1 is 1.16 bits per heavy atom. The van der Waals surface area contributed by atoms with Crippen molar-refractivity contribution in [2.24, 2.45) is 0 Å². The topological polar surface area (TPSA) is 110 Å². The lowest BCUT2D eigenvalue weighted by Crippen LogP contribution is -2.33. The van der Waals surface area contributed by atoms with E-state index in [9.17, 15) is 24.1 Å². The Bertz CT molecular complexity index is 1600. The summed E-state index contributed by atoms with van der Waals surface area (Å²) < 4.78 is 20.8. The van der Waals surface area contributed by atoms with E-state index in [2.05, 4.69) is 9.88 Å². The fourth-order valence-corrected chi connectivity index (χ4v) is 5.48. The van der Waals surface area contributed by atoms with E-state index in [-0.39, 0.29) is 23.0 Å². The molecule has 0 bridgehead atoms. The van der Waals surface area contributed by atoms with Crippen LogP contribution in [0.4, 0.5) is 10.1 Å². The van der Waals surface area contributed by atoms with Gasteiger partial charge in [-0.2, -0.15) is 0 Å². The van der Waals surface area contributed by atoms with E-state index in [1.165, 1.54) is 29.9 Å². The normalized spacial score (nSPS) is 14.4. The van der Waals surface area contributed by atoms with Crippen molar-refractivity contribution < 1.29 is 18.8 Å². The van der Waals surface area contributed by atoms with Gasteiger partial charge in [0, 0.05) is 29.6 Å². The summed E-state index contributed by atoms with van der Waals surface area (Å²) in [5, 5.41) is 12.2. The highest BCUT2D eigenvalue weighted by molar-refractivity contribution is 6.09. The number of carbonyl (C=O) groups is 1. The number of rotatable bonds is 7. The third kappa shape index (κ3) is 4.67. The number of nitrogens with zero attached hydrogens (tertiary/aromatic N) is 3. The number of halogens is 1. The van der Waals surface area contributed by atoms with Gasteiger partial charge in [-0.05, 0) is 62.7 Å². The van der Waals surface area contributed by atoms with Crippen LogP contribution in [-0.2, 0) is 11.3 Å². The van der Waals surface area contributed by atoms with E-state index in [4.69, 9.17) is 4.74 Å². The number of ether oxygens (including phenoxy) is 1. The molecule has 1 aliphatic rings. The maximum atomic E-state index is 14.1. The van der Waals surface area contributed by atoms with E-state index >= 15 is 0 Å². The monoisotopic (exact) mass is 520 g/mol. The van der Waals surface area contributed by atoms with E-state index in [0.29, 0.717) is 29.2 Å². The van der Waals surface area contributed by atoms with Crippen LogP contribution < -0.4 is 5.56 Å². The number of non-ortho nitro benzene ring substituents is 1. The molecular weight excluding hydrogens is 491 g/mol. The molecule has 0 radical (unpaired) electrons. The maximum Gasteiger partial charge on any atom is 0.338 e. The van der Waals surface area contributed by atoms with Gasteiger partial charge in [0.25, 0.3) is 11.2 Å². The Morgan fingerprint density at radius 3 is 2.63 bits per heavy atom. The first-order valence-corrected chi connectivity index (χ1v) is 12.8.